The zero-order valence-electron chi connectivity index (χ0n) is 13.2. The van der Waals surface area contributed by atoms with E-state index in [-0.39, 0.29) is 19.1 Å². The molecule has 1 aliphatic rings. The van der Waals surface area contributed by atoms with Crippen molar-refractivity contribution < 1.29 is 14.3 Å². The van der Waals surface area contributed by atoms with Gasteiger partial charge in [-0.25, -0.2) is 15.2 Å². The van der Waals surface area contributed by atoms with Crippen LogP contribution in [0.5, 0.6) is 0 Å². The van der Waals surface area contributed by atoms with Crippen LogP contribution in [-0.2, 0) is 16.1 Å². The van der Waals surface area contributed by atoms with Gasteiger partial charge in [-0.05, 0) is 18.6 Å². The second-order valence-corrected chi connectivity index (χ2v) is 5.32. The Hall–Kier alpha value is -3.15. The molecule has 1 heterocycles. The Labute approximate surface area is 139 Å². The van der Waals surface area contributed by atoms with Gasteiger partial charge in [-0.15, -0.1) is 0 Å². The molecule has 3 rings (SSSR count). The van der Waals surface area contributed by atoms with E-state index in [2.05, 4.69) is 10.4 Å². The molecule has 0 saturated carbocycles. The summed E-state index contributed by atoms with van der Waals surface area (Å²) in [5.74, 6) is -0.323. The fourth-order valence-corrected chi connectivity index (χ4v) is 2.42. The van der Waals surface area contributed by atoms with E-state index in [1.807, 2.05) is 49.4 Å². The summed E-state index contributed by atoms with van der Waals surface area (Å²) < 4.78 is 5.18. The number of nitrogens with zero attached hydrogens (tertiary/aromatic N) is 2. The molecule has 0 spiro atoms. The van der Waals surface area contributed by atoms with Crippen LogP contribution in [0.1, 0.15) is 18.1 Å². The summed E-state index contributed by atoms with van der Waals surface area (Å²) >= 11 is 0. The fraction of sp³-hybridized carbons (Fsp3) is 0.167. The molecule has 1 aliphatic heterocycles. The summed E-state index contributed by atoms with van der Waals surface area (Å²) in [7, 11) is 0. The molecule has 1 N–H and O–H groups in total. The van der Waals surface area contributed by atoms with Crippen molar-refractivity contribution in [3.8, 4) is 0 Å². The highest BCUT2D eigenvalue weighted by Gasteiger charge is 2.24. The van der Waals surface area contributed by atoms with E-state index >= 15 is 0 Å². The van der Waals surface area contributed by atoms with E-state index in [1.54, 1.807) is 12.1 Å². The maximum absolute atomic E-state index is 12.3. The first kappa shape index (κ1) is 15.7. The summed E-state index contributed by atoms with van der Waals surface area (Å²) in [6, 6.07) is 16.6. The Balaban J connectivity index is 1.73. The molecule has 0 unspecified atom stereocenters. The third-order valence-corrected chi connectivity index (χ3v) is 3.65. The molecule has 122 valence electrons. The highest BCUT2D eigenvalue weighted by Crippen LogP contribution is 2.22. The molecule has 0 radical (unpaired) electrons. The van der Waals surface area contributed by atoms with Crippen molar-refractivity contribution in [3.63, 3.8) is 0 Å². The van der Waals surface area contributed by atoms with Gasteiger partial charge < -0.3 is 4.74 Å². The number of ether oxygens (including phenoxy) is 1. The van der Waals surface area contributed by atoms with Crippen LogP contribution in [0.4, 0.5) is 10.5 Å². The van der Waals surface area contributed by atoms with Gasteiger partial charge in [0.15, 0.2) is 0 Å². The minimum Gasteiger partial charge on any atom is -0.443 e. The molecule has 2 aromatic carbocycles. The first-order valence-corrected chi connectivity index (χ1v) is 7.56. The van der Waals surface area contributed by atoms with E-state index < -0.39 is 6.09 Å². The number of nitrogens with one attached hydrogen (secondary N) is 1. The second-order valence-electron chi connectivity index (χ2n) is 5.32. The summed E-state index contributed by atoms with van der Waals surface area (Å²) in [4.78, 5) is 28.6. The molecule has 0 fully saturated rings. The van der Waals surface area contributed by atoms with E-state index in [1.165, 1.54) is 5.01 Å². The van der Waals surface area contributed by atoms with Gasteiger partial charge in [0.1, 0.15) is 13.2 Å². The standard InChI is InChI=1S/C18H17N3O3/c1-13-15-9-5-6-10-16(15)21(17(22)11-19-13)20-18(23)24-12-14-7-3-2-4-8-14/h2-10H,11-12H2,1H3,(H,20,23). The highest BCUT2D eigenvalue weighted by molar-refractivity contribution is 6.11. The lowest BCUT2D eigenvalue weighted by Crippen LogP contribution is -2.47. The number of aliphatic imine (C=N–C) groups is 1. The smallest absolute Gasteiger partial charge is 0.426 e. The van der Waals surface area contributed by atoms with E-state index in [0.717, 1.165) is 16.8 Å². The molecular weight excluding hydrogens is 306 g/mol. The molecule has 2 amide bonds. The summed E-state index contributed by atoms with van der Waals surface area (Å²) in [6.07, 6.45) is -0.693. The van der Waals surface area contributed by atoms with E-state index in [4.69, 9.17) is 4.74 Å². The maximum Gasteiger partial charge on any atom is 0.426 e. The number of hydrazine groups is 1. The quantitative estimate of drug-likeness (QED) is 0.944. The Bertz CT molecular complexity index is 787. The number of benzodiazepines with no additional fused rings is 1. The number of para-hydroxylation sites is 1. The number of rotatable bonds is 3. The Morgan fingerprint density at radius 3 is 2.67 bits per heavy atom. The van der Waals surface area contributed by atoms with Crippen molar-refractivity contribution in [2.24, 2.45) is 4.99 Å². The number of carbonyl (C=O) groups is 2. The molecular formula is C18H17N3O3. The fourth-order valence-electron chi connectivity index (χ4n) is 2.42. The third kappa shape index (κ3) is 3.43. The van der Waals surface area contributed by atoms with Crippen molar-refractivity contribution in [1.29, 1.82) is 0 Å². The van der Waals surface area contributed by atoms with E-state index in [9.17, 15) is 9.59 Å². The van der Waals surface area contributed by atoms with Gasteiger partial charge in [0, 0.05) is 11.3 Å². The Kier molecular flexibility index (Phi) is 4.56. The van der Waals surface area contributed by atoms with Crippen LogP contribution in [-0.4, -0.2) is 24.3 Å². The van der Waals surface area contributed by atoms with Gasteiger partial charge in [0.05, 0.1) is 5.69 Å². The SMILES string of the molecule is CC1=NCC(=O)N(NC(=O)OCc2ccccc2)c2ccccc21. The van der Waals surface area contributed by atoms with E-state index in [0.29, 0.717) is 5.69 Å². The summed E-state index contributed by atoms with van der Waals surface area (Å²) in [5, 5.41) is 1.20. The van der Waals surface area contributed by atoms with Crippen molar-refractivity contribution in [1.82, 2.24) is 5.43 Å². The minimum atomic E-state index is -0.693. The molecule has 0 saturated heterocycles. The van der Waals surface area contributed by atoms with Crippen molar-refractivity contribution in [2.45, 2.75) is 13.5 Å². The molecule has 0 aromatic heterocycles. The average molecular weight is 323 g/mol. The summed E-state index contributed by atoms with van der Waals surface area (Å²) in [6.45, 7) is 1.94. The van der Waals surface area contributed by atoms with Crippen molar-refractivity contribution in [2.75, 3.05) is 11.6 Å². The van der Waals surface area contributed by atoms with Crippen LogP contribution < -0.4 is 10.4 Å². The number of anilines is 1. The molecule has 6 heteroatoms. The molecule has 24 heavy (non-hydrogen) atoms. The second kappa shape index (κ2) is 6.95. The first-order chi connectivity index (χ1) is 11.6. The monoisotopic (exact) mass is 323 g/mol. The zero-order valence-corrected chi connectivity index (χ0v) is 13.2. The average Bonchev–Trinajstić information content (AvgIpc) is 2.73. The highest BCUT2D eigenvalue weighted by atomic mass is 16.6. The minimum absolute atomic E-state index is 0.0283. The molecule has 0 aliphatic carbocycles. The summed E-state index contributed by atoms with van der Waals surface area (Å²) in [5.41, 5.74) is 5.50. The zero-order chi connectivity index (χ0) is 16.9. The van der Waals surface area contributed by atoms with Crippen molar-refractivity contribution >= 4 is 23.4 Å². The van der Waals surface area contributed by atoms with Crippen LogP contribution >= 0.6 is 0 Å². The predicted molar refractivity (Wildman–Crippen MR) is 90.8 cm³/mol. The lowest BCUT2D eigenvalue weighted by Gasteiger charge is -2.22. The van der Waals surface area contributed by atoms with Crippen LogP contribution in [0.2, 0.25) is 0 Å². The predicted octanol–water partition coefficient (Wildman–Crippen LogP) is 2.68. The molecule has 6 nitrogen and oxygen atoms in total. The number of hydrogen-bond acceptors (Lipinski definition) is 4. The van der Waals surface area contributed by atoms with Gasteiger partial charge in [-0.3, -0.25) is 9.79 Å². The number of carbonyl (C=O) groups excluding carboxylic acids is 2. The number of amides is 2. The third-order valence-electron chi connectivity index (χ3n) is 3.65. The normalized spacial score (nSPS) is 13.6. The van der Waals surface area contributed by atoms with Crippen molar-refractivity contribution in [3.05, 3.63) is 65.7 Å². The maximum atomic E-state index is 12.3. The lowest BCUT2D eigenvalue weighted by atomic mass is 10.1. The van der Waals surface area contributed by atoms with Gasteiger partial charge in [0.25, 0.3) is 5.91 Å². The Morgan fingerprint density at radius 2 is 1.88 bits per heavy atom. The van der Waals surface area contributed by atoms with Crippen LogP contribution in [0, 0.1) is 0 Å². The van der Waals surface area contributed by atoms with Gasteiger partial charge in [0.2, 0.25) is 0 Å². The van der Waals surface area contributed by atoms with Gasteiger partial charge in [-0.2, -0.15) is 0 Å². The lowest BCUT2D eigenvalue weighted by molar-refractivity contribution is -0.117. The van der Waals surface area contributed by atoms with Crippen LogP contribution in [0.15, 0.2) is 59.6 Å². The number of fused-ring (bicyclic) bond motifs is 1. The van der Waals surface area contributed by atoms with Crippen LogP contribution in [0.3, 0.4) is 0 Å². The van der Waals surface area contributed by atoms with Gasteiger partial charge in [-0.1, -0.05) is 48.5 Å². The number of hydrogen-bond donors (Lipinski definition) is 1. The Morgan fingerprint density at radius 1 is 1.17 bits per heavy atom. The molecule has 0 atom stereocenters. The molecule has 2 aromatic rings. The van der Waals surface area contributed by atoms with Crippen LogP contribution in [0.25, 0.3) is 0 Å². The topological polar surface area (TPSA) is 71.0 Å². The number of benzene rings is 2. The first-order valence-electron chi connectivity index (χ1n) is 7.56. The molecule has 0 bridgehead atoms. The van der Waals surface area contributed by atoms with Gasteiger partial charge >= 0.3 is 6.09 Å². The largest absolute Gasteiger partial charge is 0.443 e.